The Morgan fingerprint density at radius 2 is 2.08 bits per heavy atom. The summed E-state index contributed by atoms with van der Waals surface area (Å²) in [5.41, 5.74) is 0. The van der Waals surface area contributed by atoms with E-state index in [-0.39, 0.29) is 12.3 Å². The van der Waals surface area contributed by atoms with Crippen molar-refractivity contribution in [2.24, 2.45) is 5.92 Å². The number of halogens is 3. The van der Waals surface area contributed by atoms with Gasteiger partial charge in [-0.15, -0.1) is 0 Å². The number of hydrogen-bond acceptors (Lipinski definition) is 1. The van der Waals surface area contributed by atoms with Crippen molar-refractivity contribution in [3.8, 4) is 0 Å². The first kappa shape index (κ1) is 10.6. The maximum absolute atomic E-state index is 11.9. The Balaban J connectivity index is 2.35. The van der Waals surface area contributed by atoms with Crippen LogP contribution >= 0.6 is 0 Å². The van der Waals surface area contributed by atoms with Crippen molar-refractivity contribution in [3.05, 3.63) is 12.2 Å². The van der Waals surface area contributed by atoms with Gasteiger partial charge in [0, 0.05) is 0 Å². The fraction of sp³-hybridized carbons (Fsp3) is 0.778. The minimum atomic E-state index is -4.46. The van der Waals surface area contributed by atoms with Crippen LogP contribution in [0.15, 0.2) is 12.2 Å². The zero-order valence-electron chi connectivity index (χ0n) is 7.22. The van der Waals surface area contributed by atoms with Gasteiger partial charge in [-0.25, -0.2) is 0 Å². The molecule has 4 heteroatoms. The lowest BCUT2D eigenvalue weighted by atomic mass is 9.89. The Labute approximate surface area is 75.3 Å². The molecule has 0 saturated heterocycles. The lowest BCUT2D eigenvalue weighted by molar-refractivity contribution is -0.208. The topological polar surface area (TPSA) is 20.2 Å². The van der Waals surface area contributed by atoms with Gasteiger partial charge in [-0.1, -0.05) is 12.2 Å². The predicted molar refractivity (Wildman–Crippen MR) is 43.2 cm³/mol. The van der Waals surface area contributed by atoms with E-state index in [1.165, 1.54) is 0 Å². The summed E-state index contributed by atoms with van der Waals surface area (Å²) in [6.45, 7) is 0. The molecule has 13 heavy (non-hydrogen) atoms. The summed E-state index contributed by atoms with van der Waals surface area (Å²) < 4.78 is 35.8. The maximum atomic E-state index is 11.9. The third-order valence-electron chi connectivity index (χ3n) is 2.31. The summed E-state index contributed by atoms with van der Waals surface area (Å²) in [4.78, 5) is 0. The highest BCUT2D eigenvalue weighted by Gasteiger charge is 2.39. The van der Waals surface area contributed by atoms with Gasteiger partial charge in [0.15, 0.2) is 0 Å². The SMILES string of the molecule is O[C@@H](CC1CC=CCC1)C(F)(F)F. The first-order valence-corrected chi connectivity index (χ1v) is 4.40. The van der Waals surface area contributed by atoms with Crippen LogP contribution in [0.1, 0.15) is 25.7 Å². The number of aliphatic hydroxyl groups excluding tert-OH is 1. The second kappa shape index (κ2) is 4.13. The highest BCUT2D eigenvalue weighted by atomic mass is 19.4. The van der Waals surface area contributed by atoms with Crippen LogP contribution in [0.4, 0.5) is 13.2 Å². The van der Waals surface area contributed by atoms with E-state index in [2.05, 4.69) is 0 Å². The van der Waals surface area contributed by atoms with E-state index < -0.39 is 12.3 Å². The van der Waals surface area contributed by atoms with Crippen molar-refractivity contribution < 1.29 is 18.3 Å². The Bertz CT molecular complexity index is 186. The van der Waals surface area contributed by atoms with Gasteiger partial charge in [0.25, 0.3) is 0 Å². The summed E-state index contributed by atoms with van der Waals surface area (Å²) in [5, 5.41) is 8.79. The summed E-state index contributed by atoms with van der Waals surface area (Å²) in [6, 6.07) is 0. The molecule has 0 aromatic carbocycles. The number of alkyl halides is 3. The third-order valence-corrected chi connectivity index (χ3v) is 2.31. The van der Waals surface area contributed by atoms with Gasteiger partial charge in [-0.05, 0) is 31.6 Å². The molecule has 0 saturated carbocycles. The van der Waals surface area contributed by atoms with Crippen LogP contribution in [-0.4, -0.2) is 17.4 Å². The van der Waals surface area contributed by atoms with E-state index in [0.717, 1.165) is 12.8 Å². The predicted octanol–water partition coefficient (Wildman–Crippen LogP) is 2.66. The molecule has 0 fully saturated rings. The highest BCUT2D eigenvalue weighted by Crippen LogP contribution is 2.29. The van der Waals surface area contributed by atoms with E-state index >= 15 is 0 Å². The van der Waals surface area contributed by atoms with Crippen LogP contribution in [0.2, 0.25) is 0 Å². The standard InChI is InChI=1S/C9H13F3O/c10-9(11,12)8(13)6-7-4-2-1-3-5-7/h1-2,7-8,13H,3-6H2/t7?,8-/m0/s1. The lowest BCUT2D eigenvalue weighted by Crippen LogP contribution is -2.30. The third kappa shape index (κ3) is 3.38. The van der Waals surface area contributed by atoms with Crippen molar-refractivity contribution in [2.45, 2.75) is 38.0 Å². The Morgan fingerprint density at radius 3 is 2.54 bits per heavy atom. The zero-order valence-corrected chi connectivity index (χ0v) is 7.22. The molecular weight excluding hydrogens is 181 g/mol. The van der Waals surface area contributed by atoms with Gasteiger partial charge in [0.1, 0.15) is 6.10 Å². The normalized spacial score (nSPS) is 26.0. The Morgan fingerprint density at radius 1 is 1.38 bits per heavy atom. The number of hydrogen-bond donors (Lipinski definition) is 1. The molecule has 0 radical (unpaired) electrons. The molecule has 0 heterocycles. The van der Waals surface area contributed by atoms with Crippen LogP contribution in [0.5, 0.6) is 0 Å². The average molecular weight is 194 g/mol. The summed E-state index contributed by atoms with van der Waals surface area (Å²) in [7, 11) is 0. The maximum Gasteiger partial charge on any atom is 0.414 e. The molecule has 1 rings (SSSR count). The van der Waals surface area contributed by atoms with Crippen molar-refractivity contribution in [2.75, 3.05) is 0 Å². The molecular formula is C9H13F3O. The van der Waals surface area contributed by atoms with E-state index in [1.54, 1.807) is 0 Å². The largest absolute Gasteiger partial charge is 0.414 e. The molecule has 76 valence electrons. The van der Waals surface area contributed by atoms with Gasteiger partial charge in [-0.3, -0.25) is 0 Å². The molecule has 1 unspecified atom stereocenters. The monoisotopic (exact) mass is 194 g/mol. The molecule has 0 spiro atoms. The number of aliphatic hydroxyl groups is 1. The molecule has 0 amide bonds. The van der Waals surface area contributed by atoms with E-state index in [9.17, 15) is 13.2 Å². The summed E-state index contributed by atoms with van der Waals surface area (Å²) in [5.74, 6) is -0.0124. The quantitative estimate of drug-likeness (QED) is 0.670. The first-order valence-electron chi connectivity index (χ1n) is 4.40. The van der Waals surface area contributed by atoms with Gasteiger partial charge in [0.05, 0.1) is 0 Å². The fourth-order valence-electron chi connectivity index (χ4n) is 1.52. The second-order valence-corrected chi connectivity index (χ2v) is 3.44. The number of rotatable bonds is 2. The minimum absolute atomic E-state index is 0.0124. The van der Waals surface area contributed by atoms with Gasteiger partial charge >= 0.3 is 6.18 Å². The fourth-order valence-corrected chi connectivity index (χ4v) is 1.52. The first-order chi connectivity index (χ1) is 6.00. The van der Waals surface area contributed by atoms with E-state index in [1.807, 2.05) is 12.2 Å². The summed E-state index contributed by atoms with van der Waals surface area (Å²) >= 11 is 0. The lowest BCUT2D eigenvalue weighted by Gasteiger charge is -2.22. The molecule has 1 aliphatic rings. The minimum Gasteiger partial charge on any atom is -0.384 e. The van der Waals surface area contributed by atoms with Crippen molar-refractivity contribution >= 4 is 0 Å². The smallest absolute Gasteiger partial charge is 0.384 e. The molecule has 1 N–H and O–H groups in total. The van der Waals surface area contributed by atoms with Crippen LogP contribution < -0.4 is 0 Å². The zero-order chi connectivity index (χ0) is 9.90. The molecule has 0 bridgehead atoms. The van der Waals surface area contributed by atoms with E-state index in [4.69, 9.17) is 5.11 Å². The van der Waals surface area contributed by atoms with Gasteiger partial charge in [0.2, 0.25) is 0 Å². The number of allylic oxidation sites excluding steroid dienone is 2. The molecule has 2 atom stereocenters. The van der Waals surface area contributed by atoms with Crippen molar-refractivity contribution in [1.29, 1.82) is 0 Å². The van der Waals surface area contributed by atoms with Crippen LogP contribution in [0.3, 0.4) is 0 Å². The Kier molecular flexibility index (Phi) is 3.36. The van der Waals surface area contributed by atoms with Crippen LogP contribution in [0, 0.1) is 5.92 Å². The molecule has 1 aliphatic carbocycles. The highest BCUT2D eigenvalue weighted by molar-refractivity contribution is 4.91. The molecule has 0 aromatic rings. The van der Waals surface area contributed by atoms with E-state index in [0.29, 0.717) is 6.42 Å². The molecule has 1 nitrogen and oxygen atoms in total. The van der Waals surface area contributed by atoms with Crippen molar-refractivity contribution in [3.63, 3.8) is 0 Å². The molecule has 0 aliphatic heterocycles. The van der Waals surface area contributed by atoms with Crippen LogP contribution in [0.25, 0.3) is 0 Å². The van der Waals surface area contributed by atoms with Crippen LogP contribution in [-0.2, 0) is 0 Å². The second-order valence-electron chi connectivity index (χ2n) is 3.44. The van der Waals surface area contributed by atoms with Gasteiger partial charge < -0.3 is 5.11 Å². The summed E-state index contributed by atoms with van der Waals surface area (Å²) in [6.07, 6.45) is -0.668. The average Bonchev–Trinajstić information content (AvgIpc) is 2.04. The Hall–Kier alpha value is -0.510. The molecule has 0 aromatic heterocycles. The van der Waals surface area contributed by atoms with Gasteiger partial charge in [-0.2, -0.15) is 13.2 Å². The van der Waals surface area contributed by atoms with Crippen molar-refractivity contribution in [1.82, 2.24) is 0 Å².